The summed E-state index contributed by atoms with van der Waals surface area (Å²) < 4.78 is 5.37. The minimum absolute atomic E-state index is 0.0109. The summed E-state index contributed by atoms with van der Waals surface area (Å²) in [4.78, 5) is 25.6. The van der Waals surface area contributed by atoms with Gasteiger partial charge >= 0.3 is 0 Å². The lowest BCUT2D eigenvalue weighted by molar-refractivity contribution is -0.117. The van der Waals surface area contributed by atoms with Gasteiger partial charge in [-0.3, -0.25) is 9.59 Å². The third-order valence-corrected chi connectivity index (χ3v) is 3.57. The van der Waals surface area contributed by atoms with Crippen molar-refractivity contribution in [1.82, 2.24) is 4.90 Å². The molecule has 0 aromatic heterocycles. The Morgan fingerprint density at radius 3 is 2.60 bits per heavy atom. The van der Waals surface area contributed by atoms with Crippen LogP contribution in [0.25, 0.3) is 0 Å². The molecule has 1 heterocycles. The number of likely N-dealkylation sites (tertiary alicyclic amines) is 1. The van der Waals surface area contributed by atoms with Crippen LogP contribution in [0.15, 0.2) is 24.3 Å². The second-order valence-corrected chi connectivity index (χ2v) is 5.16. The Labute approximate surface area is 119 Å². The maximum absolute atomic E-state index is 12.5. The number of rotatable bonds is 5. The normalized spacial score (nSPS) is 18.1. The van der Waals surface area contributed by atoms with Crippen LogP contribution in [0, 0.1) is 0 Å². The molecule has 0 spiro atoms. The van der Waals surface area contributed by atoms with Crippen LogP contribution in [0.5, 0.6) is 5.75 Å². The molecule has 20 heavy (non-hydrogen) atoms. The summed E-state index contributed by atoms with van der Waals surface area (Å²) in [6, 6.07) is 7.26. The number of nitrogens with zero attached hydrogens (tertiary/aromatic N) is 1. The fourth-order valence-electron chi connectivity index (χ4n) is 2.67. The molecule has 108 valence electrons. The van der Waals surface area contributed by atoms with Gasteiger partial charge in [-0.1, -0.05) is 0 Å². The lowest BCUT2D eigenvalue weighted by atomic mass is 10.1. The molecule has 1 aromatic carbocycles. The van der Waals surface area contributed by atoms with Crippen LogP contribution < -0.4 is 4.74 Å². The largest absolute Gasteiger partial charge is 0.494 e. The smallest absolute Gasteiger partial charge is 0.254 e. The Hall–Kier alpha value is -1.84. The van der Waals surface area contributed by atoms with E-state index < -0.39 is 0 Å². The fraction of sp³-hybridized carbons (Fsp3) is 0.500. The zero-order valence-electron chi connectivity index (χ0n) is 12.1. The van der Waals surface area contributed by atoms with Crippen LogP contribution in [0.1, 0.15) is 43.5 Å². The third-order valence-electron chi connectivity index (χ3n) is 3.57. The Morgan fingerprint density at radius 1 is 1.30 bits per heavy atom. The first-order valence-electron chi connectivity index (χ1n) is 7.15. The van der Waals surface area contributed by atoms with Gasteiger partial charge in [0.25, 0.3) is 5.91 Å². The quantitative estimate of drug-likeness (QED) is 0.830. The zero-order chi connectivity index (χ0) is 14.5. The molecule has 4 heteroatoms. The van der Waals surface area contributed by atoms with Crippen LogP contribution in [-0.2, 0) is 4.79 Å². The van der Waals surface area contributed by atoms with Gasteiger partial charge in [0, 0.05) is 24.6 Å². The standard InChI is InChI=1S/C16H21NO3/c1-3-20-15-8-6-13(7-9-15)16(19)17-10-4-5-14(17)11-12(2)18/h6-9,14H,3-5,10-11H2,1-2H3. The topological polar surface area (TPSA) is 46.6 Å². The van der Waals surface area contributed by atoms with Gasteiger partial charge in [-0.05, 0) is 51.0 Å². The van der Waals surface area contributed by atoms with Crippen molar-refractivity contribution in [3.8, 4) is 5.75 Å². The third kappa shape index (κ3) is 3.38. The average molecular weight is 275 g/mol. The summed E-state index contributed by atoms with van der Waals surface area (Å²) in [5, 5.41) is 0. The van der Waals surface area contributed by atoms with Gasteiger partial charge in [0.05, 0.1) is 6.61 Å². The van der Waals surface area contributed by atoms with Gasteiger partial charge in [0.1, 0.15) is 11.5 Å². The fourth-order valence-corrected chi connectivity index (χ4v) is 2.67. The van der Waals surface area contributed by atoms with Gasteiger partial charge < -0.3 is 9.64 Å². The van der Waals surface area contributed by atoms with E-state index in [1.54, 1.807) is 19.1 Å². The minimum atomic E-state index is 0.0109. The SMILES string of the molecule is CCOc1ccc(C(=O)N2CCCC2CC(C)=O)cc1. The van der Waals surface area contributed by atoms with E-state index in [2.05, 4.69) is 0 Å². The number of hydrogen-bond donors (Lipinski definition) is 0. The summed E-state index contributed by atoms with van der Waals surface area (Å²) >= 11 is 0. The molecule has 0 radical (unpaired) electrons. The molecule has 4 nitrogen and oxygen atoms in total. The number of ketones is 1. The molecule has 1 saturated heterocycles. The van der Waals surface area contributed by atoms with Crippen molar-refractivity contribution < 1.29 is 14.3 Å². The van der Waals surface area contributed by atoms with E-state index in [1.807, 2.05) is 24.0 Å². The van der Waals surface area contributed by atoms with E-state index in [9.17, 15) is 9.59 Å². The minimum Gasteiger partial charge on any atom is -0.494 e. The molecular weight excluding hydrogens is 254 g/mol. The van der Waals surface area contributed by atoms with Crippen molar-refractivity contribution in [3.05, 3.63) is 29.8 Å². The number of benzene rings is 1. The van der Waals surface area contributed by atoms with Gasteiger partial charge in [0.2, 0.25) is 0 Å². The van der Waals surface area contributed by atoms with Crippen molar-refractivity contribution >= 4 is 11.7 Å². The highest BCUT2D eigenvalue weighted by atomic mass is 16.5. The lowest BCUT2D eigenvalue weighted by Crippen LogP contribution is -2.36. The molecule has 1 atom stereocenters. The molecule has 1 amide bonds. The summed E-state index contributed by atoms with van der Waals surface area (Å²) in [7, 11) is 0. The predicted octanol–water partition coefficient (Wildman–Crippen LogP) is 2.67. The van der Waals surface area contributed by atoms with Gasteiger partial charge in [-0.25, -0.2) is 0 Å². The number of ether oxygens (including phenoxy) is 1. The lowest BCUT2D eigenvalue weighted by Gasteiger charge is -2.24. The summed E-state index contributed by atoms with van der Waals surface area (Å²) in [6.45, 7) is 4.86. The maximum Gasteiger partial charge on any atom is 0.254 e. The highest BCUT2D eigenvalue weighted by Gasteiger charge is 2.30. The van der Waals surface area contributed by atoms with Crippen molar-refractivity contribution in [1.29, 1.82) is 0 Å². The molecule has 0 bridgehead atoms. The molecule has 1 unspecified atom stereocenters. The van der Waals surface area contributed by atoms with Crippen molar-refractivity contribution in [2.45, 2.75) is 39.2 Å². The monoisotopic (exact) mass is 275 g/mol. The second-order valence-electron chi connectivity index (χ2n) is 5.16. The molecule has 1 aliphatic rings. The molecule has 1 fully saturated rings. The molecule has 0 aliphatic carbocycles. The number of hydrogen-bond acceptors (Lipinski definition) is 3. The predicted molar refractivity (Wildman–Crippen MR) is 77.0 cm³/mol. The molecule has 2 rings (SSSR count). The van der Waals surface area contributed by atoms with Gasteiger partial charge in [0.15, 0.2) is 0 Å². The van der Waals surface area contributed by atoms with E-state index in [0.717, 1.165) is 25.1 Å². The Balaban J connectivity index is 2.07. The molecular formula is C16H21NO3. The van der Waals surface area contributed by atoms with Crippen LogP contribution in [0.3, 0.4) is 0 Å². The Morgan fingerprint density at radius 2 is 2.00 bits per heavy atom. The van der Waals surface area contributed by atoms with E-state index in [0.29, 0.717) is 18.6 Å². The molecule has 1 aliphatic heterocycles. The maximum atomic E-state index is 12.5. The van der Waals surface area contributed by atoms with Crippen LogP contribution >= 0.6 is 0 Å². The number of amides is 1. The van der Waals surface area contributed by atoms with Crippen molar-refractivity contribution in [2.75, 3.05) is 13.2 Å². The highest BCUT2D eigenvalue weighted by Crippen LogP contribution is 2.23. The first kappa shape index (κ1) is 14.6. The van der Waals surface area contributed by atoms with Crippen LogP contribution in [-0.4, -0.2) is 35.8 Å². The summed E-state index contributed by atoms with van der Waals surface area (Å²) in [5.41, 5.74) is 0.656. The number of carbonyl (C=O) groups excluding carboxylic acids is 2. The molecule has 0 saturated carbocycles. The number of Topliss-reactive ketones (excluding diaryl/α,β-unsaturated/α-hetero) is 1. The van der Waals surface area contributed by atoms with Gasteiger partial charge in [-0.2, -0.15) is 0 Å². The van der Waals surface area contributed by atoms with Crippen molar-refractivity contribution in [2.24, 2.45) is 0 Å². The van der Waals surface area contributed by atoms with E-state index in [1.165, 1.54) is 0 Å². The van der Waals surface area contributed by atoms with E-state index >= 15 is 0 Å². The molecule has 0 N–H and O–H groups in total. The Bertz CT molecular complexity index is 481. The van der Waals surface area contributed by atoms with Crippen LogP contribution in [0.2, 0.25) is 0 Å². The first-order valence-corrected chi connectivity index (χ1v) is 7.15. The van der Waals surface area contributed by atoms with Crippen LogP contribution in [0.4, 0.5) is 0 Å². The van der Waals surface area contributed by atoms with E-state index in [-0.39, 0.29) is 17.7 Å². The Kier molecular flexibility index (Phi) is 4.77. The average Bonchev–Trinajstić information content (AvgIpc) is 2.86. The summed E-state index contributed by atoms with van der Waals surface area (Å²) in [5.74, 6) is 0.920. The second kappa shape index (κ2) is 6.55. The highest BCUT2D eigenvalue weighted by molar-refractivity contribution is 5.95. The van der Waals surface area contributed by atoms with Crippen molar-refractivity contribution in [3.63, 3.8) is 0 Å². The summed E-state index contributed by atoms with van der Waals surface area (Å²) in [6.07, 6.45) is 2.35. The first-order chi connectivity index (χ1) is 9.61. The number of carbonyl (C=O) groups is 2. The van der Waals surface area contributed by atoms with Gasteiger partial charge in [-0.15, -0.1) is 0 Å². The molecule has 1 aromatic rings. The van der Waals surface area contributed by atoms with E-state index in [4.69, 9.17) is 4.74 Å². The zero-order valence-corrected chi connectivity index (χ0v) is 12.1.